The molecule has 0 spiro atoms. The molecule has 0 fully saturated rings. The normalized spacial score (nSPS) is 10.9. The number of hydrogen-bond donors (Lipinski definition) is 2. The number of aryl methyl sites for hydroxylation is 1. The molecule has 3 aromatic carbocycles. The molecule has 172 valence electrons. The first-order chi connectivity index (χ1) is 15.7. The molecular weight excluding hydrogens is 416 g/mol. The van der Waals surface area contributed by atoms with E-state index >= 15 is 0 Å². The summed E-state index contributed by atoms with van der Waals surface area (Å²) < 4.78 is 10.9. The summed E-state index contributed by atoms with van der Waals surface area (Å²) in [6, 6.07) is 20.0. The molecule has 0 unspecified atom stereocenters. The molecule has 0 aliphatic rings. The van der Waals surface area contributed by atoms with E-state index in [0.29, 0.717) is 28.4 Å². The van der Waals surface area contributed by atoms with Gasteiger partial charge in [0, 0.05) is 16.9 Å². The highest BCUT2D eigenvalue weighted by Gasteiger charge is 2.15. The molecule has 6 nitrogen and oxygen atoms in total. The van der Waals surface area contributed by atoms with Crippen molar-refractivity contribution < 1.29 is 19.1 Å². The van der Waals surface area contributed by atoms with Gasteiger partial charge in [0.05, 0.1) is 7.11 Å². The van der Waals surface area contributed by atoms with Crippen molar-refractivity contribution in [1.29, 1.82) is 0 Å². The van der Waals surface area contributed by atoms with Crippen molar-refractivity contribution in [2.24, 2.45) is 0 Å². The van der Waals surface area contributed by atoms with Gasteiger partial charge in [-0.25, -0.2) is 0 Å². The number of anilines is 2. The summed E-state index contributed by atoms with van der Waals surface area (Å²) in [4.78, 5) is 25.0. The van der Waals surface area contributed by atoms with Gasteiger partial charge in [0.15, 0.2) is 18.1 Å². The fourth-order valence-electron chi connectivity index (χ4n) is 3.23. The number of benzene rings is 3. The lowest BCUT2D eigenvalue weighted by Crippen LogP contribution is -2.20. The van der Waals surface area contributed by atoms with Crippen LogP contribution in [-0.4, -0.2) is 25.5 Å². The van der Waals surface area contributed by atoms with Crippen LogP contribution in [0.3, 0.4) is 0 Å². The smallest absolute Gasteiger partial charge is 0.262 e. The highest BCUT2D eigenvalue weighted by Crippen LogP contribution is 2.28. The predicted molar refractivity (Wildman–Crippen MR) is 131 cm³/mol. The summed E-state index contributed by atoms with van der Waals surface area (Å²) in [6.07, 6.45) is 0. The summed E-state index contributed by atoms with van der Waals surface area (Å²) >= 11 is 0. The van der Waals surface area contributed by atoms with Gasteiger partial charge >= 0.3 is 0 Å². The zero-order chi connectivity index (χ0) is 24.0. The number of nitrogens with one attached hydrogen (secondary N) is 2. The van der Waals surface area contributed by atoms with Gasteiger partial charge in [-0.05, 0) is 65.9 Å². The quantitative estimate of drug-likeness (QED) is 0.497. The van der Waals surface area contributed by atoms with E-state index in [-0.39, 0.29) is 23.8 Å². The molecular formula is C27H30N2O4. The third-order valence-electron chi connectivity index (χ3n) is 5.10. The van der Waals surface area contributed by atoms with Crippen LogP contribution in [0, 0.1) is 6.92 Å². The Kier molecular flexibility index (Phi) is 7.38. The number of amides is 2. The van der Waals surface area contributed by atoms with E-state index < -0.39 is 0 Å². The maximum Gasteiger partial charge on any atom is 0.262 e. The van der Waals surface area contributed by atoms with E-state index in [1.165, 1.54) is 0 Å². The summed E-state index contributed by atoms with van der Waals surface area (Å²) in [5, 5.41) is 5.65. The lowest BCUT2D eigenvalue weighted by Gasteiger charge is -2.19. The zero-order valence-electron chi connectivity index (χ0n) is 19.7. The second-order valence-electron chi connectivity index (χ2n) is 8.85. The average Bonchev–Trinajstić information content (AvgIpc) is 2.78. The summed E-state index contributed by atoms with van der Waals surface area (Å²) in [5.74, 6) is 0.535. The van der Waals surface area contributed by atoms with Crippen molar-refractivity contribution in [2.45, 2.75) is 33.1 Å². The summed E-state index contributed by atoms with van der Waals surface area (Å²) in [5.41, 5.74) is 3.93. The maximum atomic E-state index is 12.6. The fraction of sp³-hybridized carbons (Fsp3) is 0.259. The van der Waals surface area contributed by atoms with E-state index in [1.54, 1.807) is 37.4 Å². The maximum absolute atomic E-state index is 12.6. The van der Waals surface area contributed by atoms with Gasteiger partial charge in [0.1, 0.15) is 0 Å². The van der Waals surface area contributed by atoms with Gasteiger partial charge in [-0.3, -0.25) is 9.59 Å². The van der Waals surface area contributed by atoms with Gasteiger partial charge in [0.2, 0.25) is 0 Å². The van der Waals surface area contributed by atoms with Crippen molar-refractivity contribution in [2.75, 3.05) is 24.4 Å². The van der Waals surface area contributed by atoms with Crippen molar-refractivity contribution in [3.8, 4) is 11.5 Å². The van der Waals surface area contributed by atoms with E-state index in [4.69, 9.17) is 9.47 Å². The molecule has 0 saturated carbocycles. The van der Waals surface area contributed by atoms with E-state index in [1.807, 2.05) is 43.3 Å². The summed E-state index contributed by atoms with van der Waals surface area (Å²) in [6.45, 7) is 8.17. The molecule has 33 heavy (non-hydrogen) atoms. The first kappa shape index (κ1) is 23.9. The Bertz CT molecular complexity index is 1130. The molecule has 3 rings (SSSR count). The van der Waals surface area contributed by atoms with Crippen LogP contribution in [0.1, 0.15) is 42.3 Å². The van der Waals surface area contributed by atoms with Crippen LogP contribution >= 0.6 is 0 Å². The minimum absolute atomic E-state index is 0.0237. The fourth-order valence-corrected chi connectivity index (χ4v) is 3.23. The molecule has 0 aliphatic carbocycles. The molecule has 0 bridgehead atoms. The third kappa shape index (κ3) is 6.59. The van der Waals surface area contributed by atoms with E-state index in [2.05, 4.69) is 31.4 Å². The van der Waals surface area contributed by atoms with Crippen LogP contribution in [0.25, 0.3) is 0 Å². The van der Waals surface area contributed by atoms with Crippen molar-refractivity contribution in [3.63, 3.8) is 0 Å². The lowest BCUT2D eigenvalue weighted by atomic mass is 9.87. The number of rotatable bonds is 7. The molecule has 0 radical (unpaired) electrons. The molecule has 0 aromatic heterocycles. The summed E-state index contributed by atoms with van der Waals surface area (Å²) in [7, 11) is 1.56. The highest BCUT2D eigenvalue weighted by atomic mass is 16.5. The number of hydrogen-bond acceptors (Lipinski definition) is 4. The second kappa shape index (κ2) is 10.2. The molecule has 2 amide bonds. The third-order valence-corrected chi connectivity index (χ3v) is 5.10. The van der Waals surface area contributed by atoms with Crippen LogP contribution < -0.4 is 20.1 Å². The number of methoxy groups -OCH3 is 1. The van der Waals surface area contributed by atoms with Crippen LogP contribution in [0.15, 0.2) is 66.7 Å². The highest BCUT2D eigenvalue weighted by molar-refractivity contribution is 6.04. The largest absolute Gasteiger partial charge is 0.493 e. The molecule has 2 N–H and O–H groups in total. The molecule has 6 heteroatoms. The Morgan fingerprint density at radius 1 is 0.848 bits per heavy atom. The van der Waals surface area contributed by atoms with Crippen molar-refractivity contribution >= 4 is 23.2 Å². The van der Waals surface area contributed by atoms with Gasteiger partial charge in [-0.15, -0.1) is 0 Å². The Hall–Kier alpha value is -3.80. The van der Waals surface area contributed by atoms with Gasteiger partial charge in [0.25, 0.3) is 11.8 Å². The monoisotopic (exact) mass is 446 g/mol. The first-order valence-corrected chi connectivity index (χ1v) is 10.7. The van der Waals surface area contributed by atoms with Gasteiger partial charge < -0.3 is 20.1 Å². The minimum Gasteiger partial charge on any atom is -0.493 e. The van der Waals surface area contributed by atoms with Crippen molar-refractivity contribution in [1.82, 2.24) is 0 Å². The standard InChI is InChI=1S/C27H30N2O4/c1-18-9-14-23(24(15-18)32-5)33-17-25(30)28-21-7-6-8-22(16-21)29-26(31)19-10-12-20(13-11-19)27(2,3)4/h6-16H,17H2,1-5H3,(H,28,30)(H,29,31). The molecule has 0 heterocycles. The Labute approximate surface area is 194 Å². The topological polar surface area (TPSA) is 76.7 Å². The van der Waals surface area contributed by atoms with Crippen LogP contribution in [0.5, 0.6) is 11.5 Å². The number of carbonyl (C=O) groups excluding carboxylic acids is 2. The predicted octanol–water partition coefficient (Wildman–Crippen LogP) is 5.57. The Morgan fingerprint density at radius 3 is 2.15 bits per heavy atom. The Balaban J connectivity index is 1.59. The minimum atomic E-state index is -0.320. The number of ether oxygens (including phenoxy) is 2. The first-order valence-electron chi connectivity index (χ1n) is 10.7. The van der Waals surface area contributed by atoms with Gasteiger partial charge in [-0.2, -0.15) is 0 Å². The van der Waals surface area contributed by atoms with Crippen molar-refractivity contribution in [3.05, 3.63) is 83.4 Å². The van der Waals surface area contributed by atoms with E-state index in [9.17, 15) is 9.59 Å². The molecule has 0 saturated heterocycles. The molecule has 0 aliphatic heterocycles. The Morgan fingerprint density at radius 2 is 1.52 bits per heavy atom. The van der Waals surface area contributed by atoms with Crippen LogP contribution in [-0.2, 0) is 10.2 Å². The van der Waals surface area contributed by atoms with Crippen LogP contribution in [0.2, 0.25) is 0 Å². The molecule has 3 aromatic rings. The lowest BCUT2D eigenvalue weighted by molar-refractivity contribution is -0.118. The van der Waals surface area contributed by atoms with Gasteiger partial charge in [-0.1, -0.05) is 45.0 Å². The van der Waals surface area contributed by atoms with E-state index in [0.717, 1.165) is 11.1 Å². The zero-order valence-corrected chi connectivity index (χ0v) is 19.7. The number of carbonyl (C=O) groups is 2. The SMILES string of the molecule is COc1cc(C)ccc1OCC(=O)Nc1cccc(NC(=O)c2ccc(C(C)(C)C)cc2)c1. The molecule has 0 atom stereocenters. The second-order valence-corrected chi connectivity index (χ2v) is 8.85. The van der Waals surface area contributed by atoms with Crippen LogP contribution in [0.4, 0.5) is 11.4 Å². The average molecular weight is 447 g/mol.